The lowest BCUT2D eigenvalue weighted by molar-refractivity contribution is 0.425. The first-order chi connectivity index (χ1) is 7.49. The lowest BCUT2D eigenvalue weighted by Gasteiger charge is -2.23. The van der Waals surface area contributed by atoms with E-state index in [1.807, 2.05) is 13.0 Å². The number of phenols is 1. The van der Waals surface area contributed by atoms with Crippen molar-refractivity contribution in [2.45, 2.75) is 33.1 Å². The minimum atomic E-state index is 0.220. The van der Waals surface area contributed by atoms with Crippen molar-refractivity contribution < 1.29 is 5.11 Å². The molecule has 0 aliphatic rings. The Hall–Kier alpha value is -0.730. The highest BCUT2D eigenvalue weighted by molar-refractivity contribution is 6.32. The highest BCUT2D eigenvalue weighted by atomic mass is 35.5. The van der Waals surface area contributed by atoms with Gasteiger partial charge in [0.15, 0.2) is 0 Å². The normalized spacial score (nSPS) is 13.1. The van der Waals surface area contributed by atoms with Crippen molar-refractivity contribution in [2.24, 2.45) is 11.7 Å². The van der Waals surface area contributed by atoms with Gasteiger partial charge in [-0.05, 0) is 43.4 Å². The number of hydrogen-bond donors (Lipinski definition) is 2. The van der Waals surface area contributed by atoms with Gasteiger partial charge in [0.1, 0.15) is 5.75 Å². The number of hydrogen-bond acceptors (Lipinski definition) is 2. The van der Waals surface area contributed by atoms with Crippen molar-refractivity contribution in [3.05, 3.63) is 28.3 Å². The third kappa shape index (κ3) is 2.69. The first kappa shape index (κ1) is 13.3. The second kappa shape index (κ2) is 5.55. The van der Waals surface area contributed by atoms with Gasteiger partial charge in [-0.2, -0.15) is 0 Å². The highest BCUT2D eigenvalue weighted by Crippen LogP contribution is 2.39. The smallest absolute Gasteiger partial charge is 0.120 e. The van der Waals surface area contributed by atoms with Crippen LogP contribution in [0.2, 0.25) is 5.02 Å². The molecule has 0 amide bonds. The molecule has 0 bridgehead atoms. The van der Waals surface area contributed by atoms with Gasteiger partial charge in [-0.3, -0.25) is 0 Å². The minimum absolute atomic E-state index is 0.220. The molecule has 3 N–H and O–H groups in total. The Kier molecular flexibility index (Phi) is 4.63. The van der Waals surface area contributed by atoms with Gasteiger partial charge in [-0.1, -0.05) is 31.5 Å². The van der Waals surface area contributed by atoms with Crippen molar-refractivity contribution in [1.29, 1.82) is 0 Å². The maximum atomic E-state index is 9.94. The molecular weight excluding hydrogens is 222 g/mol. The van der Waals surface area contributed by atoms with Crippen LogP contribution in [0.15, 0.2) is 12.1 Å². The molecule has 1 unspecified atom stereocenters. The minimum Gasteiger partial charge on any atom is -0.508 e. The zero-order chi connectivity index (χ0) is 12.3. The van der Waals surface area contributed by atoms with Gasteiger partial charge >= 0.3 is 0 Å². The molecule has 0 saturated heterocycles. The quantitative estimate of drug-likeness (QED) is 0.848. The van der Waals surface area contributed by atoms with E-state index < -0.39 is 0 Å². The van der Waals surface area contributed by atoms with Gasteiger partial charge in [0.05, 0.1) is 5.02 Å². The van der Waals surface area contributed by atoms with Crippen LogP contribution in [0.3, 0.4) is 0 Å². The lowest BCUT2D eigenvalue weighted by atomic mass is 9.84. The number of aryl methyl sites for hydroxylation is 1. The van der Waals surface area contributed by atoms with E-state index in [1.165, 1.54) is 0 Å². The second-order valence-corrected chi connectivity index (χ2v) is 4.94. The van der Waals surface area contributed by atoms with Crippen LogP contribution in [0.1, 0.15) is 37.3 Å². The number of phenolic OH excluding ortho intramolecular Hbond substituents is 1. The number of halogens is 1. The summed E-state index contributed by atoms with van der Waals surface area (Å²) in [5, 5.41) is 10.6. The van der Waals surface area contributed by atoms with Crippen LogP contribution in [0.5, 0.6) is 5.75 Å². The predicted octanol–water partition coefficient (Wildman–Crippen LogP) is 3.44. The first-order valence-corrected chi connectivity index (χ1v) is 6.04. The molecule has 0 radical (unpaired) electrons. The molecule has 0 aliphatic carbocycles. The van der Waals surface area contributed by atoms with E-state index in [0.717, 1.165) is 17.5 Å². The fraction of sp³-hybridized carbons (Fsp3) is 0.538. The van der Waals surface area contributed by atoms with Crippen molar-refractivity contribution >= 4 is 11.6 Å². The summed E-state index contributed by atoms with van der Waals surface area (Å²) in [5.41, 5.74) is 7.46. The Morgan fingerprint density at radius 2 is 2.00 bits per heavy atom. The highest BCUT2D eigenvalue weighted by Gasteiger charge is 2.22. The number of aromatic hydroxyl groups is 1. The molecule has 0 spiro atoms. The summed E-state index contributed by atoms with van der Waals surface area (Å²) in [7, 11) is 0. The average Bonchev–Trinajstić information content (AvgIpc) is 2.22. The van der Waals surface area contributed by atoms with Gasteiger partial charge < -0.3 is 10.8 Å². The molecule has 0 aliphatic heterocycles. The molecule has 0 fully saturated rings. The Labute approximate surface area is 102 Å². The van der Waals surface area contributed by atoms with E-state index >= 15 is 0 Å². The molecule has 1 rings (SSSR count). The SMILES string of the molecule is Cc1ccc(O)c(C(CCN)C(C)C)c1Cl. The van der Waals surface area contributed by atoms with Crippen molar-refractivity contribution in [1.82, 2.24) is 0 Å². The first-order valence-electron chi connectivity index (χ1n) is 5.67. The Balaban J connectivity index is 3.22. The van der Waals surface area contributed by atoms with Crippen LogP contribution < -0.4 is 5.73 Å². The molecule has 90 valence electrons. The molecule has 16 heavy (non-hydrogen) atoms. The van der Waals surface area contributed by atoms with Gasteiger partial charge in [-0.15, -0.1) is 0 Å². The van der Waals surface area contributed by atoms with Crippen LogP contribution in [-0.4, -0.2) is 11.7 Å². The largest absolute Gasteiger partial charge is 0.508 e. The molecular formula is C13H20ClNO. The molecule has 1 aromatic carbocycles. The molecule has 1 aromatic rings. The summed E-state index contributed by atoms with van der Waals surface area (Å²) >= 11 is 6.27. The lowest BCUT2D eigenvalue weighted by Crippen LogP contribution is -2.13. The van der Waals surface area contributed by atoms with E-state index in [1.54, 1.807) is 6.07 Å². The fourth-order valence-electron chi connectivity index (χ4n) is 2.04. The Bertz CT molecular complexity index is 363. The standard InChI is InChI=1S/C13H20ClNO/c1-8(2)10(6-7-15)12-11(16)5-4-9(3)13(12)14/h4-5,8,10,16H,6-7,15H2,1-3H3. The Morgan fingerprint density at radius 1 is 1.38 bits per heavy atom. The van der Waals surface area contributed by atoms with Gasteiger partial charge in [-0.25, -0.2) is 0 Å². The molecule has 0 saturated carbocycles. The van der Waals surface area contributed by atoms with Crippen LogP contribution in [-0.2, 0) is 0 Å². The molecule has 1 atom stereocenters. The molecule has 2 nitrogen and oxygen atoms in total. The van der Waals surface area contributed by atoms with E-state index in [9.17, 15) is 5.11 Å². The molecule has 0 heterocycles. The zero-order valence-corrected chi connectivity index (χ0v) is 10.9. The monoisotopic (exact) mass is 241 g/mol. The summed E-state index contributed by atoms with van der Waals surface area (Å²) in [6.45, 7) is 6.80. The third-order valence-electron chi connectivity index (χ3n) is 3.00. The van der Waals surface area contributed by atoms with Gasteiger partial charge in [0, 0.05) is 5.56 Å². The summed E-state index contributed by atoms with van der Waals surface area (Å²) in [4.78, 5) is 0. The molecule has 3 heteroatoms. The maximum absolute atomic E-state index is 9.94. The number of rotatable bonds is 4. The van der Waals surface area contributed by atoms with E-state index in [4.69, 9.17) is 17.3 Å². The van der Waals surface area contributed by atoms with E-state index in [0.29, 0.717) is 17.5 Å². The summed E-state index contributed by atoms with van der Waals surface area (Å²) in [5.74, 6) is 0.911. The topological polar surface area (TPSA) is 46.2 Å². The average molecular weight is 242 g/mol. The zero-order valence-electron chi connectivity index (χ0n) is 10.1. The molecule has 0 aromatic heterocycles. The van der Waals surface area contributed by atoms with Gasteiger partial charge in [0.25, 0.3) is 0 Å². The van der Waals surface area contributed by atoms with E-state index in [2.05, 4.69) is 13.8 Å². The predicted molar refractivity (Wildman–Crippen MR) is 69.1 cm³/mol. The number of nitrogens with two attached hydrogens (primary N) is 1. The summed E-state index contributed by atoms with van der Waals surface area (Å²) in [6, 6.07) is 3.55. The summed E-state index contributed by atoms with van der Waals surface area (Å²) in [6.07, 6.45) is 0.842. The second-order valence-electron chi connectivity index (χ2n) is 4.56. The van der Waals surface area contributed by atoms with Crippen molar-refractivity contribution in [2.75, 3.05) is 6.54 Å². The van der Waals surface area contributed by atoms with Crippen molar-refractivity contribution in [3.63, 3.8) is 0 Å². The van der Waals surface area contributed by atoms with Crippen LogP contribution in [0, 0.1) is 12.8 Å². The number of benzene rings is 1. The van der Waals surface area contributed by atoms with Crippen LogP contribution >= 0.6 is 11.6 Å². The van der Waals surface area contributed by atoms with Crippen LogP contribution in [0.4, 0.5) is 0 Å². The fourth-order valence-corrected chi connectivity index (χ4v) is 2.33. The summed E-state index contributed by atoms with van der Waals surface area (Å²) < 4.78 is 0. The Morgan fingerprint density at radius 3 is 2.50 bits per heavy atom. The van der Waals surface area contributed by atoms with Crippen molar-refractivity contribution in [3.8, 4) is 5.75 Å². The van der Waals surface area contributed by atoms with E-state index in [-0.39, 0.29) is 11.7 Å². The maximum Gasteiger partial charge on any atom is 0.120 e. The van der Waals surface area contributed by atoms with Gasteiger partial charge in [0.2, 0.25) is 0 Å². The third-order valence-corrected chi connectivity index (χ3v) is 3.50. The van der Waals surface area contributed by atoms with Crippen LogP contribution in [0.25, 0.3) is 0 Å².